The Morgan fingerprint density at radius 1 is 1.22 bits per heavy atom. The minimum absolute atomic E-state index is 0.245. The first kappa shape index (κ1) is 14.5. The van der Waals surface area contributed by atoms with Crippen LogP contribution in [0.3, 0.4) is 0 Å². The standard InChI is InChI=1S/C13H16F3NO/c1-2-8-12(11(17)18,13(14,15)16)9-10-6-4-3-5-7-10/h3-7H,2,8-9H2,1H3,(H2,17,18). The number of primary amides is 1. The molecule has 100 valence electrons. The maximum Gasteiger partial charge on any atom is 0.403 e. The number of hydrogen-bond acceptors (Lipinski definition) is 1. The minimum Gasteiger partial charge on any atom is -0.369 e. The lowest BCUT2D eigenvalue weighted by Gasteiger charge is -2.32. The smallest absolute Gasteiger partial charge is 0.369 e. The molecule has 1 aromatic rings. The average Bonchev–Trinajstić information content (AvgIpc) is 2.28. The van der Waals surface area contributed by atoms with Gasteiger partial charge in [-0.05, 0) is 18.4 Å². The van der Waals surface area contributed by atoms with Gasteiger partial charge in [-0.15, -0.1) is 0 Å². The summed E-state index contributed by atoms with van der Waals surface area (Å²) in [7, 11) is 0. The van der Waals surface area contributed by atoms with E-state index in [1.54, 1.807) is 37.3 Å². The van der Waals surface area contributed by atoms with Crippen LogP contribution in [0.5, 0.6) is 0 Å². The summed E-state index contributed by atoms with van der Waals surface area (Å²) in [6.07, 6.45) is -5.08. The Balaban J connectivity index is 3.15. The van der Waals surface area contributed by atoms with Crippen molar-refractivity contribution in [1.82, 2.24) is 0 Å². The second-order valence-electron chi connectivity index (χ2n) is 4.36. The molecule has 1 atom stereocenters. The molecule has 0 spiro atoms. The van der Waals surface area contributed by atoms with Gasteiger partial charge < -0.3 is 5.73 Å². The van der Waals surface area contributed by atoms with Gasteiger partial charge in [-0.3, -0.25) is 4.79 Å². The van der Waals surface area contributed by atoms with Crippen molar-refractivity contribution in [3.05, 3.63) is 35.9 Å². The molecule has 0 fully saturated rings. The fourth-order valence-electron chi connectivity index (χ4n) is 2.05. The first-order valence-electron chi connectivity index (χ1n) is 5.74. The molecule has 0 aromatic heterocycles. The fourth-order valence-corrected chi connectivity index (χ4v) is 2.05. The predicted octanol–water partition coefficient (Wildman–Crippen LogP) is 3.06. The number of hydrogen-bond donors (Lipinski definition) is 1. The number of carbonyl (C=O) groups excluding carboxylic acids is 1. The maximum absolute atomic E-state index is 13.2. The summed E-state index contributed by atoms with van der Waals surface area (Å²) in [5.41, 5.74) is 3.02. The third kappa shape index (κ3) is 2.83. The summed E-state index contributed by atoms with van der Waals surface area (Å²) in [4.78, 5) is 11.4. The molecule has 1 aromatic carbocycles. The normalized spacial score (nSPS) is 15.1. The molecule has 0 heterocycles. The number of amides is 1. The van der Waals surface area contributed by atoms with Crippen LogP contribution >= 0.6 is 0 Å². The Morgan fingerprint density at radius 2 is 1.78 bits per heavy atom. The topological polar surface area (TPSA) is 43.1 Å². The van der Waals surface area contributed by atoms with E-state index in [4.69, 9.17) is 5.73 Å². The van der Waals surface area contributed by atoms with Crippen molar-refractivity contribution in [2.45, 2.75) is 32.4 Å². The number of rotatable bonds is 5. The predicted molar refractivity (Wildman–Crippen MR) is 62.7 cm³/mol. The van der Waals surface area contributed by atoms with Gasteiger partial charge in [0.15, 0.2) is 0 Å². The monoisotopic (exact) mass is 259 g/mol. The highest BCUT2D eigenvalue weighted by Crippen LogP contribution is 2.44. The van der Waals surface area contributed by atoms with E-state index in [0.29, 0.717) is 5.56 Å². The number of carbonyl (C=O) groups is 1. The lowest BCUT2D eigenvalue weighted by Crippen LogP contribution is -2.50. The van der Waals surface area contributed by atoms with E-state index in [9.17, 15) is 18.0 Å². The molecule has 18 heavy (non-hydrogen) atoms. The van der Waals surface area contributed by atoms with E-state index < -0.39 is 23.9 Å². The lowest BCUT2D eigenvalue weighted by atomic mass is 9.76. The van der Waals surface area contributed by atoms with Crippen LogP contribution in [-0.2, 0) is 11.2 Å². The summed E-state index contributed by atoms with van der Waals surface area (Å²) in [6, 6.07) is 8.13. The van der Waals surface area contributed by atoms with E-state index in [2.05, 4.69) is 0 Å². The third-order valence-electron chi connectivity index (χ3n) is 3.04. The van der Waals surface area contributed by atoms with E-state index >= 15 is 0 Å². The quantitative estimate of drug-likeness (QED) is 0.867. The highest BCUT2D eigenvalue weighted by Gasteiger charge is 2.58. The molecule has 2 N–H and O–H groups in total. The van der Waals surface area contributed by atoms with Gasteiger partial charge in [-0.25, -0.2) is 0 Å². The zero-order chi connectivity index (χ0) is 13.8. The molecule has 0 saturated carbocycles. The molecule has 0 bridgehead atoms. The molecule has 0 radical (unpaired) electrons. The highest BCUT2D eigenvalue weighted by atomic mass is 19.4. The Bertz CT molecular complexity index is 402. The van der Waals surface area contributed by atoms with Crippen LogP contribution in [0.4, 0.5) is 13.2 Å². The Kier molecular flexibility index (Phi) is 4.38. The molecule has 1 unspecified atom stereocenters. The Labute approximate surface area is 104 Å². The van der Waals surface area contributed by atoms with Gasteiger partial charge in [0.1, 0.15) is 5.41 Å². The summed E-state index contributed by atoms with van der Waals surface area (Å²) in [5, 5.41) is 0. The van der Waals surface area contributed by atoms with Crippen LogP contribution in [0.25, 0.3) is 0 Å². The molecule has 5 heteroatoms. The van der Waals surface area contributed by atoms with E-state index in [-0.39, 0.29) is 12.8 Å². The number of nitrogens with two attached hydrogens (primary N) is 1. The van der Waals surface area contributed by atoms with Gasteiger partial charge in [0.2, 0.25) is 5.91 Å². The van der Waals surface area contributed by atoms with E-state index in [1.807, 2.05) is 0 Å². The average molecular weight is 259 g/mol. The fraction of sp³-hybridized carbons (Fsp3) is 0.462. The molecular formula is C13H16F3NO. The van der Waals surface area contributed by atoms with Crippen molar-refractivity contribution in [3.63, 3.8) is 0 Å². The summed E-state index contributed by atoms with van der Waals surface area (Å²) in [6.45, 7) is 1.61. The number of benzene rings is 1. The molecule has 1 rings (SSSR count). The van der Waals surface area contributed by atoms with Crippen LogP contribution in [0.2, 0.25) is 0 Å². The first-order valence-corrected chi connectivity index (χ1v) is 5.74. The highest BCUT2D eigenvalue weighted by molar-refractivity contribution is 5.82. The van der Waals surface area contributed by atoms with Gasteiger partial charge in [0.25, 0.3) is 0 Å². The minimum atomic E-state index is -4.63. The summed E-state index contributed by atoms with van der Waals surface area (Å²) >= 11 is 0. The molecule has 0 saturated heterocycles. The molecule has 1 amide bonds. The molecule has 0 aliphatic carbocycles. The van der Waals surface area contributed by atoms with Crippen molar-refractivity contribution in [1.29, 1.82) is 0 Å². The Hall–Kier alpha value is -1.52. The molecule has 0 aliphatic rings. The van der Waals surface area contributed by atoms with Gasteiger partial charge >= 0.3 is 6.18 Å². The van der Waals surface area contributed by atoms with Gasteiger partial charge in [-0.1, -0.05) is 43.7 Å². The second-order valence-corrected chi connectivity index (χ2v) is 4.36. The van der Waals surface area contributed by atoms with Crippen molar-refractivity contribution in [2.24, 2.45) is 11.1 Å². The van der Waals surface area contributed by atoms with Gasteiger partial charge in [0, 0.05) is 0 Å². The lowest BCUT2D eigenvalue weighted by molar-refractivity contribution is -0.222. The maximum atomic E-state index is 13.2. The van der Waals surface area contributed by atoms with Crippen LogP contribution in [-0.4, -0.2) is 12.1 Å². The molecular weight excluding hydrogens is 243 g/mol. The molecule has 0 aliphatic heterocycles. The summed E-state index contributed by atoms with van der Waals surface area (Å²) in [5.74, 6) is -1.30. The first-order chi connectivity index (χ1) is 8.33. The zero-order valence-electron chi connectivity index (χ0n) is 10.1. The van der Waals surface area contributed by atoms with Crippen LogP contribution < -0.4 is 5.73 Å². The number of halogens is 3. The van der Waals surface area contributed by atoms with Gasteiger partial charge in [0.05, 0.1) is 0 Å². The zero-order valence-corrected chi connectivity index (χ0v) is 10.1. The largest absolute Gasteiger partial charge is 0.403 e. The Morgan fingerprint density at radius 3 is 2.17 bits per heavy atom. The van der Waals surface area contributed by atoms with E-state index in [1.165, 1.54) is 0 Å². The number of alkyl halides is 3. The van der Waals surface area contributed by atoms with Crippen molar-refractivity contribution in [2.75, 3.05) is 0 Å². The van der Waals surface area contributed by atoms with Crippen LogP contribution in [0, 0.1) is 5.41 Å². The van der Waals surface area contributed by atoms with Crippen molar-refractivity contribution < 1.29 is 18.0 Å². The SMILES string of the molecule is CCCC(Cc1ccccc1)(C(N)=O)C(F)(F)F. The van der Waals surface area contributed by atoms with E-state index in [0.717, 1.165) is 0 Å². The van der Waals surface area contributed by atoms with Gasteiger partial charge in [-0.2, -0.15) is 13.2 Å². The molecule has 2 nitrogen and oxygen atoms in total. The second kappa shape index (κ2) is 5.42. The van der Waals surface area contributed by atoms with Crippen molar-refractivity contribution >= 4 is 5.91 Å². The van der Waals surface area contributed by atoms with Crippen molar-refractivity contribution in [3.8, 4) is 0 Å². The van der Waals surface area contributed by atoms with Crippen LogP contribution in [0.1, 0.15) is 25.3 Å². The van der Waals surface area contributed by atoms with Crippen LogP contribution in [0.15, 0.2) is 30.3 Å². The third-order valence-corrected chi connectivity index (χ3v) is 3.04. The summed E-state index contributed by atoms with van der Waals surface area (Å²) < 4.78 is 39.6.